The van der Waals surface area contributed by atoms with E-state index in [0.29, 0.717) is 6.10 Å². The molecule has 1 unspecified atom stereocenters. The van der Waals surface area contributed by atoms with Crippen molar-refractivity contribution in [1.29, 1.82) is 0 Å². The number of ether oxygens (including phenoxy) is 1. The molecule has 17 heavy (non-hydrogen) atoms. The first-order valence-corrected chi connectivity index (χ1v) is 7.19. The molecule has 100 valence electrons. The third-order valence-electron chi connectivity index (χ3n) is 4.55. The summed E-state index contributed by atoms with van der Waals surface area (Å²) in [6, 6.07) is 0. The van der Waals surface area contributed by atoms with Gasteiger partial charge in [-0.3, -0.25) is 0 Å². The summed E-state index contributed by atoms with van der Waals surface area (Å²) < 4.78 is 6.33. The minimum atomic E-state index is 0.216. The molecule has 2 N–H and O–H groups in total. The molecule has 3 heteroatoms. The van der Waals surface area contributed by atoms with Gasteiger partial charge in [0.1, 0.15) is 0 Å². The van der Waals surface area contributed by atoms with Gasteiger partial charge in [0.15, 0.2) is 0 Å². The topological polar surface area (TPSA) is 33.3 Å². The zero-order valence-corrected chi connectivity index (χ0v) is 11.6. The molecule has 0 radical (unpaired) electrons. The van der Waals surface area contributed by atoms with E-state index in [2.05, 4.69) is 31.4 Å². The van der Waals surface area contributed by atoms with Crippen LogP contribution in [0.1, 0.15) is 52.9 Å². The van der Waals surface area contributed by atoms with Crippen molar-refractivity contribution in [3.8, 4) is 0 Å². The average molecular weight is 240 g/mol. The van der Waals surface area contributed by atoms with Crippen molar-refractivity contribution in [2.45, 2.75) is 70.1 Å². The predicted octanol–water partition coefficient (Wildman–Crippen LogP) is 2.07. The lowest BCUT2D eigenvalue weighted by Crippen LogP contribution is -2.45. The van der Waals surface area contributed by atoms with E-state index in [1.54, 1.807) is 0 Å². The second-order valence-electron chi connectivity index (χ2n) is 6.33. The van der Waals surface area contributed by atoms with Gasteiger partial charge in [-0.1, -0.05) is 6.92 Å². The Kier molecular flexibility index (Phi) is 4.11. The third kappa shape index (κ3) is 3.43. The summed E-state index contributed by atoms with van der Waals surface area (Å²) in [7, 11) is 0. The van der Waals surface area contributed by atoms with Gasteiger partial charge in [0.05, 0.1) is 11.7 Å². The van der Waals surface area contributed by atoms with Crippen molar-refractivity contribution in [2.75, 3.05) is 19.6 Å². The van der Waals surface area contributed by atoms with Crippen molar-refractivity contribution >= 4 is 0 Å². The lowest BCUT2D eigenvalue weighted by molar-refractivity contribution is -0.0596. The fraction of sp³-hybridized carbons (Fsp3) is 1.00. The largest absolute Gasteiger partial charge is 0.370 e. The first kappa shape index (κ1) is 13.3. The molecule has 2 heterocycles. The van der Waals surface area contributed by atoms with Crippen molar-refractivity contribution in [3.63, 3.8) is 0 Å². The molecule has 0 aromatic carbocycles. The maximum absolute atomic E-state index is 6.33. The molecule has 0 bridgehead atoms. The molecule has 1 spiro atoms. The van der Waals surface area contributed by atoms with Gasteiger partial charge in [0.2, 0.25) is 0 Å². The highest BCUT2D eigenvalue weighted by Gasteiger charge is 2.40. The van der Waals surface area contributed by atoms with Crippen LogP contribution in [0.15, 0.2) is 0 Å². The van der Waals surface area contributed by atoms with Gasteiger partial charge in [0.25, 0.3) is 0 Å². The van der Waals surface area contributed by atoms with Gasteiger partial charge in [-0.25, -0.2) is 0 Å². The van der Waals surface area contributed by atoms with Gasteiger partial charge >= 0.3 is 0 Å². The van der Waals surface area contributed by atoms with Gasteiger partial charge in [-0.15, -0.1) is 0 Å². The van der Waals surface area contributed by atoms with Crippen LogP contribution in [-0.4, -0.2) is 36.9 Å². The van der Waals surface area contributed by atoms with Gasteiger partial charge in [-0.2, -0.15) is 0 Å². The summed E-state index contributed by atoms with van der Waals surface area (Å²) in [5.74, 6) is 0. The molecular formula is C14H28N2O. The predicted molar refractivity (Wildman–Crippen MR) is 71.3 cm³/mol. The highest BCUT2D eigenvalue weighted by Crippen LogP contribution is 2.37. The molecule has 1 atom stereocenters. The van der Waals surface area contributed by atoms with E-state index in [1.807, 2.05) is 0 Å². The van der Waals surface area contributed by atoms with Gasteiger partial charge < -0.3 is 15.4 Å². The fourth-order valence-electron chi connectivity index (χ4n) is 2.80. The minimum absolute atomic E-state index is 0.216. The van der Waals surface area contributed by atoms with E-state index < -0.39 is 0 Å². The Bertz CT molecular complexity index is 247. The van der Waals surface area contributed by atoms with E-state index in [0.717, 1.165) is 26.1 Å². The third-order valence-corrected chi connectivity index (χ3v) is 4.55. The Labute approximate surface area is 106 Å². The van der Waals surface area contributed by atoms with Crippen LogP contribution in [0.2, 0.25) is 0 Å². The maximum atomic E-state index is 6.33. The summed E-state index contributed by atoms with van der Waals surface area (Å²) in [4.78, 5) is 0. The molecule has 0 amide bonds. The van der Waals surface area contributed by atoms with Crippen molar-refractivity contribution in [3.05, 3.63) is 0 Å². The van der Waals surface area contributed by atoms with Crippen LogP contribution in [0.5, 0.6) is 0 Å². The highest BCUT2D eigenvalue weighted by atomic mass is 16.5. The van der Waals surface area contributed by atoms with Crippen molar-refractivity contribution in [2.24, 2.45) is 0 Å². The first-order chi connectivity index (χ1) is 8.05. The van der Waals surface area contributed by atoms with E-state index in [1.165, 1.54) is 25.7 Å². The Hall–Kier alpha value is -0.120. The minimum Gasteiger partial charge on any atom is -0.370 e. The van der Waals surface area contributed by atoms with E-state index in [9.17, 15) is 0 Å². The Morgan fingerprint density at radius 2 is 2.00 bits per heavy atom. The van der Waals surface area contributed by atoms with Crippen LogP contribution in [-0.2, 0) is 4.74 Å². The number of piperidine rings is 1. The SMILES string of the molecule is CCC(C)(C)NCC1CCC2(CCNCC2)O1. The smallest absolute Gasteiger partial charge is 0.0712 e. The zero-order valence-electron chi connectivity index (χ0n) is 11.6. The fourth-order valence-corrected chi connectivity index (χ4v) is 2.80. The average Bonchev–Trinajstić information content (AvgIpc) is 2.71. The van der Waals surface area contributed by atoms with Crippen LogP contribution in [0.3, 0.4) is 0 Å². The summed E-state index contributed by atoms with van der Waals surface area (Å²) in [5, 5.41) is 7.05. The normalized spacial score (nSPS) is 28.8. The molecule has 0 aromatic heterocycles. The number of nitrogens with one attached hydrogen (secondary N) is 2. The van der Waals surface area contributed by atoms with Crippen LogP contribution in [0, 0.1) is 0 Å². The Morgan fingerprint density at radius 3 is 2.65 bits per heavy atom. The van der Waals surface area contributed by atoms with Crippen LogP contribution in [0.4, 0.5) is 0 Å². The number of rotatable bonds is 4. The Morgan fingerprint density at radius 1 is 1.29 bits per heavy atom. The van der Waals surface area contributed by atoms with E-state index in [4.69, 9.17) is 4.74 Å². The quantitative estimate of drug-likeness (QED) is 0.789. The van der Waals surface area contributed by atoms with Crippen molar-refractivity contribution in [1.82, 2.24) is 10.6 Å². The van der Waals surface area contributed by atoms with E-state index in [-0.39, 0.29) is 11.1 Å². The highest BCUT2D eigenvalue weighted by molar-refractivity contribution is 4.93. The lowest BCUT2D eigenvalue weighted by Gasteiger charge is -2.34. The summed E-state index contributed by atoms with van der Waals surface area (Å²) >= 11 is 0. The maximum Gasteiger partial charge on any atom is 0.0712 e. The molecule has 0 aromatic rings. The molecular weight excluding hydrogens is 212 g/mol. The molecule has 2 aliphatic rings. The molecule has 2 rings (SSSR count). The second kappa shape index (κ2) is 5.25. The molecule has 2 saturated heterocycles. The summed E-state index contributed by atoms with van der Waals surface area (Å²) in [6.45, 7) is 10.0. The van der Waals surface area contributed by atoms with E-state index >= 15 is 0 Å². The molecule has 0 saturated carbocycles. The van der Waals surface area contributed by atoms with Crippen LogP contribution < -0.4 is 10.6 Å². The second-order valence-corrected chi connectivity index (χ2v) is 6.33. The molecule has 0 aliphatic carbocycles. The monoisotopic (exact) mass is 240 g/mol. The summed E-state index contributed by atoms with van der Waals surface area (Å²) in [5.41, 5.74) is 0.460. The van der Waals surface area contributed by atoms with Gasteiger partial charge in [0, 0.05) is 12.1 Å². The standard InChI is InChI=1S/C14H28N2O/c1-4-13(2,3)16-11-12-5-6-14(17-12)7-9-15-10-8-14/h12,15-16H,4-11H2,1-3H3. The van der Waals surface area contributed by atoms with Crippen LogP contribution in [0.25, 0.3) is 0 Å². The summed E-state index contributed by atoms with van der Waals surface area (Å²) in [6.07, 6.45) is 6.47. The lowest BCUT2D eigenvalue weighted by atomic mass is 9.89. The van der Waals surface area contributed by atoms with Gasteiger partial charge in [-0.05, 0) is 59.0 Å². The molecule has 2 fully saturated rings. The molecule has 3 nitrogen and oxygen atoms in total. The van der Waals surface area contributed by atoms with Crippen molar-refractivity contribution < 1.29 is 4.74 Å². The first-order valence-electron chi connectivity index (χ1n) is 7.19. The number of hydrogen-bond donors (Lipinski definition) is 2. The zero-order chi connectivity index (χ0) is 12.4. The molecule has 2 aliphatic heterocycles. The Balaban J connectivity index is 1.78. The number of hydrogen-bond acceptors (Lipinski definition) is 3. The van der Waals surface area contributed by atoms with Crippen LogP contribution >= 0.6 is 0 Å².